The summed E-state index contributed by atoms with van der Waals surface area (Å²) in [4.78, 5) is 26.6. The van der Waals surface area contributed by atoms with Crippen LogP contribution in [-0.4, -0.2) is 27.4 Å². The van der Waals surface area contributed by atoms with Crippen LogP contribution in [0, 0.1) is 0 Å². The second-order valence-electron chi connectivity index (χ2n) is 7.12. The lowest BCUT2D eigenvalue weighted by molar-refractivity contribution is -0.114. The molecule has 3 aromatic rings. The lowest BCUT2D eigenvalue weighted by Gasteiger charge is -2.29. The molecule has 0 aliphatic carbocycles. The van der Waals surface area contributed by atoms with Crippen LogP contribution < -0.4 is 15.5 Å². The van der Waals surface area contributed by atoms with Crippen LogP contribution in [0.4, 0.5) is 23.3 Å². The molecule has 2 N–H and O–H groups in total. The number of amides is 1. The van der Waals surface area contributed by atoms with E-state index >= 15 is 0 Å². The van der Waals surface area contributed by atoms with Crippen molar-refractivity contribution in [2.45, 2.75) is 33.2 Å². The summed E-state index contributed by atoms with van der Waals surface area (Å²) < 4.78 is 0. The van der Waals surface area contributed by atoms with Crippen molar-refractivity contribution in [1.29, 1.82) is 0 Å². The molecule has 0 unspecified atom stereocenters. The van der Waals surface area contributed by atoms with Crippen molar-refractivity contribution < 1.29 is 4.79 Å². The molecule has 2 heterocycles. The third kappa shape index (κ3) is 4.51. The first-order valence-corrected chi connectivity index (χ1v) is 9.80. The number of benzene rings is 2. The summed E-state index contributed by atoms with van der Waals surface area (Å²) >= 11 is 0. The second kappa shape index (κ2) is 8.26. The predicted octanol–water partition coefficient (Wildman–Crippen LogP) is 3.70. The molecule has 0 bridgehead atoms. The van der Waals surface area contributed by atoms with Crippen molar-refractivity contribution >= 4 is 29.2 Å². The van der Waals surface area contributed by atoms with Gasteiger partial charge in [0.15, 0.2) is 0 Å². The zero-order valence-electron chi connectivity index (χ0n) is 16.6. The molecule has 29 heavy (non-hydrogen) atoms. The molecule has 0 saturated carbocycles. The highest BCUT2D eigenvalue weighted by molar-refractivity contribution is 5.89. The highest BCUT2D eigenvalue weighted by Crippen LogP contribution is 2.24. The van der Waals surface area contributed by atoms with E-state index in [1.807, 2.05) is 24.3 Å². The van der Waals surface area contributed by atoms with Crippen molar-refractivity contribution in [3.8, 4) is 0 Å². The van der Waals surface area contributed by atoms with Crippen LogP contribution in [0.25, 0.3) is 0 Å². The summed E-state index contributed by atoms with van der Waals surface area (Å²) in [7, 11) is 0. The van der Waals surface area contributed by atoms with E-state index < -0.39 is 0 Å². The van der Waals surface area contributed by atoms with Gasteiger partial charge in [-0.2, -0.15) is 4.98 Å². The molecule has 148 valence electrons. The Morgan fingerprint density at radius 1 is 1.10 bits per heavy atom. The summed E-state index contributed by atoms with van der Waals surface area (Å²) in [6.07, 6.45) is 3.57. The fourth-order valence-electron chi connectivity index (χ4n) is 3.50. The topological polar surface area (TPSA) is 83.0 Å². The monoisotopic (exact) mass is 388 g/mol. The van der Waals surface area contributed by atoms with E-state index in [-0.39, 0.29) is 5.91 Å². The lowest BCUT2D eigenvalue weighted by atomic mass is 9.97. The lowest BCUT2D eigenvalue weighted by Crippen LogP contribution is -2.32. The van der Waals surface area contributed by atoms with Gasteiger partial charge in [-0.25, -0.2) is 9.97 Å². The van der Waals surface area contributed by atoms with Gasteiger partial charge in [-0.1, -0.05) is 31.2 Å². The minimum Gasteiger partial charge on any atom is -0.336 e. The highest BCUT2D eigenvalue weighted by atomic mass is 16.1. The van der Waals surface area contributed by atoms with Crippen LogP contribution in [0.1, 0.15) is 30.5 Å². The largest absolute Gasteiger partial charge is 0.336 e. The Hall–Kier alpha value is -3.48. The molecule has 4 rings (SSSR count). The Morgan fingerprint density at radius 3 is 2.79 bits per heavy atom. The first kappa shape index (κ1) is 18.9. The average Bonchev–Trinajstić information content (AvgIpc) is 2.73. The van der Waals surface area contributed by atoms with Crippen molar-refractivity contribution in [3.63, 3.8) is 0 Å². The van der Waals surface area contributed by atoms with Crippen LogP contribution in [-0.2, 0) is 24.2 Å². The molecule has 1 aliphatic heterocycles. The predicted molar refractivity (Wildman–Crippen MR) is 114 cm³/mol. The van der Waals surface area contributed by atoms with Gasteiger partial charge >= 0.3 is 0 Å². The van der Waals surface area contributed by atoms with Gasteiger partial charge in [0.25, 0.3) is 0 Å². The molecule has 0 radical (unpaired) electrons. The number of hydrogen-bond acceptors (Lipinski definition) is 6. The molecule has 1 amide bonds. The van der Waals surface area contributed by atoms with Gasteiger partial charge in [0.05, 0.1) is 0 Å². The zero-order valence-corrected chi connectivity index (χ0v) is 16.6. The van der Waals surface area contributed by atoms with Gasteiger partial charge in [-0.3, -0.25) is 4.79 Å². The van der Waals surface area contributed by atoms with E-state index in [1.165, 1.54) is 29.9 Å². The molecule has 0 saturated heterocycles. The molecule has 1 aliphatic rings. The van der Waals surface area contributed by atoms with E-state index in [2.05, 4.69) is 55.6 Å². The van der Waals surface area contributed by atoms with Crippen LogP contribution in [0.5, 0.6) is 0 Å². The summed E-state index contributed by atoms with van der Waals surface area (Å²) in [5.41, 5.74) is 5.64. The Kier molecular flexibility index (Phi) is 5.37. The van der Waals surface area contributed by atoms with Crippen molar-refractivity contribution in [2.75, 3.05) is 22.1 Å². The summed E-state index contributed by atoms with van der Waals surface area (Å²) in [5.74, 6) is 1.02. The van der Waals surface area contributed by atoms with E-state index in [0.29, 0.717) is 11.9 Å². The SMILES string of the molecule is CCc1ccc2c(c1)CCN(c1ncnc(Nc3cccc(NC(C)=O)c3)n1)C2. The fraction of sp³-hybridized carbons (Fsp3) is 0.273. The third-order valence-corrected chi connectivity index (χ3v) is 4.97. The van der Waals surface area contributed by atoms with Gasteiger partial charge < -0.3 is 15.5 Å². The molecule has 2 aromatic carbocycles. The minimum absolute atomic E-state index is 0.110. The maximum Gasteiger partial charge on any atom is 0.232 e. The number of aromatic nitrogens is 3. The molecule has 0 spiro atoms. The highest BCUT2D eigenvalue weighted by Gasteiger charge is 2.19. The quantitative estimate of drug-likeness (QED) is 0.693. The Labute approximate surface area is 170 Å². The molecule has 0 atom stereocenters. The molecule has 7 heteroatoms. The number of nitrogens with one attached hydrogen (secondary N) is 2. The third-order valence-electron chi connectivity index (χ3n) is 4.97. The number of carbonyl (C=O) groups is 1. The first-order chi connectivity index (χ1) is 14.1. The molecule has 0 fully saturated rings. The van der Waals surface area contributed by atoms with Gasteiger partial charge in [0, 0.05) is 31.4 Å². The number of rotatable bonds is 5. The van der Waals surface area contributed by atoms with E-state index in [9.17, 15) is 4.79 Å². The molecule has 7 nitrogen and oxygen atoms in total. The van der Waals surface area contributed by atoms with Crippen molar-refractivity contribution in [1.82, 2.24) is 15.0 Å². The maximum atomic E-state index is 11.3. The number of anilines is 4. The van der Waals surface area contributed by atoms with E-state index in [1.54, 1.807) is 0 Å². The molecular formula is C22H24N6O. The Bertz CT molecular complexity index is 1040. The Morgan fingerprint density at radius 2 is 1.97 bits per heavy atom. The van der Waals surface area contributed by atoms with Gasteiger partial charge in [-0.05, 0) is 47.7 Å². The number of aryl methyl sites for hydroxylation is 1. The van der Waals surface area contributed by atoms with Crippen LogP contribution in [0.3, 0.4) is 0 Å². The van der Waals surface area contributed by atoms with Crippen LogP contribution >= 0.6 is 0 Å². The fourth-order valence-corrected chi connectivity index (χ4v) is 3.50. The number of nitrogens with zero attached hydrogens (tertiary/aromatic N) is 4. The van der Waals surface area contributed by atoms with Crippen molar-refractivity contribution in [3.05, 3.63) is 65.5 Å². The van der Waals surface area contributed by atoms with Crippen LogP contribution in [0.15, 0.2) is 48.8 Å². The summed E-state index contributed by atoms with van der Waals surface area (Å²) in [6.45, 7) is 5.34. The summed E-state index contributed by atoms with van der Waals surface area (Å²) in [6, 6.07) is 14.2. The van der Waals surface area contributed by atoms with Crippen LogP contribution in [0.2, 0.25) is 0 Å². The normalized spacial score (nSPS) is 13.0. The molecule has 1 aromatic heterocycles. The number of carbonyl (C=O) groups excluding carboxylic acids is 1. The smallest absolute Gasteiger partial charge is 0.232 e. The maximum absolute atomic E-state index is 11.3. The van der Waals surface area contributed by atoms with Gasteiger partial charge in [0.2, 0.25) is 17.8 Å². The van der Waals surface area contributed by atoms with Crippen molar-refractivity contribution in [2.24, 2.45) is 0 Å². The minimum atomic E-state index is -0.110. The first-order valence-electron chi connectivity index (χ1n) is 9.80. The number of fused-ring (bicyclic) bond motifs is 1. The number of hydrogen-bond donors (Lipinski definition) is 2. The Balaban J connectivity index is 1.50. The second-order valence-corrected chi connectivity index (χ2v) is 7.12. The average molecular weight is 388 g/mol. The summed E-state index contributed by atoms with van der Waals surface area (Å²) in [5, 5.41) is 5.96. The van der Waals surface area contributed by atoms with E-state index in [0.717, 1.165) is 37.3 Å². The van der Waals surface area contributed by atoms with Gasteiger partial charge in [0.1, 0.15) is 6.33 Å². The molecular weight excluding hydrogens is 364 g/mol. The van der Waals surface area contributed by atoms with E-state index in [4.69, 9.17) is 0 Å². The standard InChI is InChI=1S/C22H24N6O/c1-3-16-7-8-18-13-28(10-9-17(18)11-16)22-24-14-23-21(27-22)26-20-6-4-5-19(12-20)25-15(2)29/h4-8,11-12,14H,3,9-10,13H2,1-2H3,(H,25,29)(H,23,24,26,27). The van der Waals surface area contributed by atoms with Gasteiger partial charge in [-0.15, -0.1) is 0 Å². The zero-order chi connectivity index (χ0) is 20.2.